The van der Waals surface area contributed by atoms with Gasteiger partial charge in [-0.15, -0.1) is 0 Å². The fraction of sp³-hybridized carbons (Fsp3) is 0.900. The average Bonchev–Trinajstić information content (AvgIpc) is 1.94. The van der Waals surface area contributed by atoms with E-state index in [2.05, 4.69) is 6.92 Å². The van der Waals surface area contributed by atoms with Crippen molar-refractivity contribution in [1.29, 1.82) is 0 Å². The third-order valence-corrected chi connectivity index (χ3v) is 2.30. The van der Waals surface area contributed by atoms with Crippen molar-refractivity contribution in [2.75, 3.05) is 6.61 Å². The van der Waals surface area contributed by atoms with Crippen LogP contribution in [0.2, 0.25) is 0 Å². The van der Waals surface area contributed by atoms with Crippen molar-refractivity contribution in [2.24, 2.45) is 0 Å². The highest BCUT2D eigenvalue weighted by Gasteiger charge is 2.09. The maximum atomic E-state index is 5.68. The topological polar surface area (TPSA) is 9.23 Å². The summed E-state index contributed by atoms with van der Waals surface area (Å²) in [4.78, 5) is 0. The lowest BCUT2D eigenvalue weighted by molar-refractivity contribution is 0.0307. The molecule has 0 aromatic heterocycles. The molecule has 1 saturated heterocycles. The summed E-state index contributed by atoms with van der Waals surface area (Å²) in [5.41, 5.74) is 0. The third kappa shape index (κ3) is 3.76. The Hall–Kier alpha value is -0.0400. The van der Waals surface area contributed by atoms with Gasteiger partial charge in [-0.1, -0.05) is 32.6 Å². The van der Waals surface area contributed by atoms with Crippen molar-refractivity contribution in [3.05, 3.63) is 6.92 Å². The zero-order valence-electron chi connectivity index (χ0n) is 7.35. The lowest BCUT2D eigenvalue weighted by Crippen LogP contribution is -2.15. The van der Waals surface area contributed by atoms with E-state index < -0.39 is 0 Å². The summed E-state index contributed by atoms with van der Waals surface area (Å²) in [6.07, 6.45) is 9.32. The summed E-state index contributed by atoms with van der Waals surface area (Å²) in [5.74, 6) is 0. The van der Waals surface area contributed by atoms with Crippen LogP contribution in [0.3, 0.4) is 0 Å². The molecule has 1 aliphatic rings. The lowest BCUT2D eigenvalue weighted by Gasteiger charge is -2.19. The molecule has 1 heterocycles. The molecule has 1 unspecified atom stereocenters. The highest BCUT2D eigenvalue weighted by atomic mass is 16.5. The monoisotopic (exact) mass is 155 g/mol. The second kappa shape index (κ2) is 5.59. The van der Waals surface area contributed by atoms with Crippen molar-refractivity contribution < 1.29 is 4.74 Å². The van der Waals surface area contributed by atoms with Crippen LogP contribution in [-0.4, -0.2) is 12.7 Å². The predicted octanol–water partition coefficient (Wildman–Crippen LogP) is 2.95. The van der Waals surface area contributed by atoms with E-state index in [1.165, 1.54) is 32.1 Å². The van der Waals surface area contributed by atoms with Gasteiger partial charge in [-0.05, 0) is 19.3 Å². The first-order valence-corrected chi connectivity index (χ1v) is 4.84. The molecule has 11 heavy (non-hydrogen) atoms. The van der Waals surface area contributed by atoms with E-state index in [0.717, 1.165) is 19.4 Å². The Morgan fingerprint density at radius 2 is 2.00 bits per heavy atom. The van der Waals surface area contributed by atoms with Gasteiger partial charge in [0.05, 0.1) is 6.10 Å². The molecule has 0 aromatic rings. The normalized spacial score (nSPS) is 27.5. The molecule has 0 N–H and O–H groups in total. The van der Waals surface area contributed by atoms with Crippen LogP contribution in [0.15, 0.2) is 0 Å². The van der Waals surface area contributed by atoms with Crippen molar-refractivity contribution >= 4 is 0 Å². The van der Waals surface area contributed by atoms with Crippen LogP contribution in [0.4, 0.5) is 0 Å². The second-order valence-electron chi connectivity index (χ2n) is 3.34. The molecule has 0 spiro atoms. The average molecular weight is 155 g/mol. The van der Waals surface area contributed by atoms with E-state index in [-0.39, 0.29) is 0 Å². The molecule has 0 aliphatic carbocycles. The quantitative estimate of drug-likeness (QED) is 0.595. The molecule has 0 bridgehead atoms. The minimum absolute atomic E-state index is 0.521. The van der Waals surface area contributed by atoms with E-state index in [4.69, 9.17) is 4.74 Å². The minimum atomic E-state index is 0.521. The summed E-state index contributed by atoms with van der Waals surface area (Å²) in [6.45, 7) is 4.83. The Bertz CT molecular complexity index is 82.9. The largest absolute Gasteiger partial charge is 0.378 e. The Balaban J connectivity index is 2.15. The van der Waals surface area contributed by atoms with Crippen molar-refractivity contribution in [1.82, 2.24) is 0 Å². The van der Waals surface area contributed by atoms with E-state index in [9.17, 15) is 0 Å². The number of hydrogen-bond donors (Lipinski definition) is 0. The summed E-state index contributed by atoms with van der Waals surface area (Å²) in [6, 6.07) is 0. The van der Waals surface area contributed by atoms with Crippen molar-refractivity contribution in [2.45, 2.75) is 51.0 Å². The van der Waals surface area contributed by atoms with E-state index in [0.29, 0.717) is 6.10 Å². The molecule has 1 fully saturated rings. The maximum Gasteiger partial charge on any atom is 0.0575 e. The number of hydrogen-bond acceptors (Lipinski definition) is 1. The van der Waals surface area contributed by atoms with Gasteiger partial charge in [0.15, 0.2) is 0 Å². The Kier molecular flexibility index (Phi) is 4.60. The highest BCUT2D eigenvalue weighted by molar-refractivity contribution is 4.62. The first-order chi connectivity index (χ1) is 5.43. The molecule has 1 radical (unpaired) electrons. The standard InChI is InChI=1S/C10H19O/c1-2-7-10-8-5-3-4-6-9-11-10/h10H,1-9H2. The maximum absolute atomic E-state index is 5.68. The van der Waals surface area contributed by atoms with Crippen molar-refractivity contribution in [3.8, 4) is 0 Å². The van der Waals surface area contributed by atoms with Gasteiger partial charge in [0.2, 0.25) is 0 Å². The van der Waals surface area contributed by atoms with E-state index >= 15 is 0 Å². The van der Waals surface area contributed by atoms with Gasteiger partial charge in [-0.3, -0.25) is 0 Å². The van der Waals surface area contributed by atoms with Crippen molar-refractivity contribution in [3.63, 3.8) is 0 Å². The van der Waals surface area contributed by atoms with E-state index in [1.807, 2.05) is 0 Å². The third-order valence-electron chi connectivity index (χ3n) is 2.30. The molecule has 1 aliphatic heterocycles. The molecule has 0 saturated carbocycles. The van der Waals surface area contributed by atoms with E-state index in [1.54, 1.807) is 0 Å². The smallest absolute Gasteiger partial charge is 0.0575 e. The summed E-state index contributed by atoms with van der Waals surface area (Å²) < 4.78 is 5.68. The van der Waals surface area contributed by atoms with Crippen LogP contribution >= 0.6 is 0 Å². The van der Waals surface area contributed by atoms with Gasteiger partial charge in [-0.2, -0.15) is 0 Å². The Morgan fingerprint density at radius 1 is 1.18 bits per heavy atom. The van der Waals surface area contributed by atoms with Crippen LogP contribution in [-0.2, 0) is 4.74 Å². The van der Waals surface area contributed by atoms with Gasteiger partial charge in [0, 0.05) is 6.61 Å². The summed E-state index contributed by atoms with van der Waals surface area (Å²) in [5, 5.41) is 0. The van der Waals surface area contributed by atoms with Gasteiger partial charge in [0.1, 0.15) is 0 Å². The molecule has 65 valence electrons. The van der Waals surface area contributed by atoms with Crippen LogP contribution in [0.1, 0.15) is 44.9 Å². The van der Waals surface area contributed by atoms with Gasteiger partial charge < -0.3 is 4.74 Å². The van der Waals surface area contributed by atoms with Gasteiger partial charge in [-0.25, -0.2) is 0 Å². The Labute approximate surface area is 70.1 Å². The van der Waals surface area contributed by atoms with Gasteiger partial charge >= 0.3 is 0 Å². The molecule has 0 aromatic carbocycles. The molecular weight excluding hydrogens is 136 g/mol. The number of rotatable bonds is 2. The molecule has 1 atom stereocenters. The number of ether oxygens (including phenoxy) is 1. The fourth-order valence-corrected chi connectivity index (χ4v) is 1.62. The first-order valence-electron chi connectivity index (χ1n) is 4.84. The SMILES string of the molecule is [CH2]CCC1CCCCCCO1. The first kappa shape index (κ1) is 9.05. The molecule has 1 rings (SSSR count). The minimum Gasteiger partial charge on any atom is -0.378 e. The van der Waals surface area contributed by atoms with Crippen LogP contribution in [0, 0.1) is 6.92 Å². The van der Waals surface area contributed by atoms with Gasteiger partial charge in [0.25, 0.3) is 0 Å². The predicted molar refractivity (Wildman–Crippen MR) is 47.4 cm³/mol. The highest BCUT2D eigenvalue weighted by Crippen LogP contribution is 2.16. The zero-order valence-corrected chi connectivity index (χ0v) is 7.35. The Morgan fingerprint density at radius 3 is 2.82 bits per heavy atom. The zero-order chi connectivity index (χ0) is 7.94. The molecule has 0 amide bonds. The molecule has 1 heteroatoms. The van der Waals surface area contributed by atoms with Crippen LogP contribution in [0.25, 0.3) is 0 Å². The summed E-state index contributed by atoms with van der Waals surface area (Å²) in [7, 11) is 0. The lowest BCUT2D eigenvalue weighted by atomic mass is 10.0. The molecule has 1 nitrogen and oxygen atoms in total. The fourth-order valence-electron chi connectivity index (χ4n) is 1.62. The molecular formula is C10H19O. The van der Waals surface area contributed by atoms with Crippen LogP contribution in [0.5, 0.6) is 0 Å². The van der Waals surface area contributed by atoms with Crippen LogP contribution < -0.4 is 0 Å². The summed E-state index contributed by atoms with van der Waals surface area (Å²) >= 11 is 0. The second-order valence-corrected chi connectivity index (χ2v) is 3.34.